The van der Waals surface area contributed by atoms with Crippen LogP contribution in [0.5, 0.6) is 0 Å². The number of nitrogens with one attached hydrogen (secondary N) is 1. The molecule has 1 N–H and O–H groups in total. The third-order valence-corrected chi connectivity index (χ3v) is 4.33. The lowest BCUT2D eigenvalue weighted by Crippen LogP contribution is -2.45. The average molecular weight is 399 g/mol. The second-order valence-corrected chi connectivity index (χ2v) is 6.22. The van der Waals surface area contributed by atoms with E-state index < -0.39 is 29.8 Å². The Kier molecular flexibility index (Phi) is 5.91. The SMILES string of the molecule is CCOC(=O)NC(=O)Cn1c(=O)c2c(ncn2CC)n(Cc2ccccc2)c1=O. The van der Waals surface area contributed by atoms with Gasteiger partial charge < -0.3 is 9.30 Å². The lowest BCUT2D eigenvalue weighted by molar-refractivity contribution is -0.121. The number of imidazole rings is 1. The minimum Gasteiger partial charge on any atom is -0.450 e. The molecule has 29 heavy (non-hydrogen) atoms. The van der Waals surface area contributed by atoms with Gasteiger partial charge in [-0.15, -0.1) is 0 Å². The van der Waals surface area contributed by atoms with Crippen LogP contribution in [0.4, 0.5) is 4.79 Å². The molecular weight excluding hydrogens is 378 g/mol. The minimum atomic E-state index is -0.935. The number of alkyl carbamates (subject to hydrolysis) is 1. The Balaban J connectivity index is 2.09. The van der Waals surface area contributed by atoms with E-state index in [4.69, 9.17) is 0 Å². The quantitative estimate of drug-likeness (QED) is 0.652. The summed E-state index contributed by atoms with van der Waals surface area (Å²) >= 11 is 0. The van der Waals surface area contributed by atoms with Gasteiger partial charge in [0.2, 0.25) is 5.91 Å². The van der Waals surface area contributed by atoms with Crippen LogP contribution in [0.15, 0.2) is 46.2 Å². The van der Waals surface area contributed by atoms with Crippen molar-refractivity contribution in [3.63, 3.8) is 0 Å². The van der Waals surface area contributed by atoms with Crippen LogP contribution in [0.1, 0.15) is 19.4 Å². The van der Waals surface area contributed by atoms with Crippen molar-refractivity contribution in [2.45, 2.75) is 33.5 Å². The monoisotopic (exact) mass is 399 g/mol. The van der Waals surface area contributed by atoms with Crippen LogP contribution in [0, 0.1) is 0 Å². The first-order valence-electron chi connectivity index (χ1n) is 9.15. The third kappa shape index (κ3) is 4.10. The molecule has 2 amide bonds. The highest BCUT2D eigenvalue weighted by Crippen LogP contribution is 2.09. The molecule has 2 aromatic heterocycles. The number of ether oxygens (including phenoxy) is 1. The van der Waals surface area contributed by atoms with Gasteiger partial charge in [-0.25, -0.2) is 19.1 Å². The smallest absolute Gasteiger partial charge is 0.413 e. The molecule has 0 spiro atoms. The summed E-state index contributed by atoms with van der Waals surface area (Å²) in [7, 11) is 0. The number of benzene rings is 1. The molecule has 0 radical (unpaired) electrons. The lowest BCUT2D eigenvalue weighted by atomic mass is 10.2. The number of carbonyl (C=O) groups is 2. The van der Waals surface area contributed by atoms with E-state index in [2.05, 4.69) is 9.72 Å². The molecule has 2 heterocycles. The Morgan fingerprint density at radius 2 is 1.83 bits per heavy atom. The molecule has 0 unspecified atom stereocenters. The van der Waals surface area contributed by atoms with Gasteiger partial charge in [0, 0.05) is 6.54 Å². The zero-order valence-electron chi connectivity index (χ0n) is 16.1. The van der Waals surface area contributed by atoms with Crippen LogP contribution in [0.3, 0.4) is 0 Å². The van der Waals surface area contributed by atoms with Gasteiger partial charge in [0.05, 0.1) is 19.5 Å². The highest BCUT2D eigenvalue weighted by atomic mass is 16.5. The van der Waals surface area contributed by atoms with Gasteiger partial charge in [-0.2, -0.15) is 0 Å². The minimum absolute atomic E-state index is 0.0879. The van der Waals surface area contributed by atoms with Gasteiger partial charge in [-0.3, -0.25) is 19.5 Å². The molecule has 0 aliphatic carbocycles. The molecule has 3 aromatic rings. The van der Waals surface area contributed by atoms with Crippen molar-refractivity contribution in [2.75, 3.05) is 6.61 Å². The summed E-state index contributed by atoms with van der Waals surface area (Å²) < 4.78 is 8.40. The predicted molar refractivity (Wildman–Crippen MR) is 105 cm³/mol. The summed E-state index contributed by atoms with van der Waals surface area (Å²) in [6.45, 7) is 3.54. The Labute approximate surface area is 165 Å². The summed E-state index contributed by atoms with van der Waals surface area (Å²) in [4.78, 5) is 53.8. The van der Waals surface area contributed by atoms with Crippen molar-refractivity contribution in [1.29, 1.82) is 0 Å². The molecule has 0 bridgehead atoms. The third-order valence-electron chi connectivity index (χ3n) is 4.33. The van der Waals surface area contributed by atoms with Crippen LogP contribution in [0.2, 0.25) is 0 Å². The standard InChI is InChI=1S/C19H21N5O5/c1-3-22-12-20-16-15(22)17(26)24(11-14(25)21-18(27)29-4-2)19(28)23(16)10-13-8-6-5-7-9-13/h5-9,12H,3-4,10-11H2,1-2H3,(H,21,25,27). The van der Waals surface area contributed by atoms with Gasteiger partial charge in [0.1, 0.15) is 6.54 Å². The van der Waals surface area contributed by atoms with Gasteiger partial charge in [-0.1, -0.05) is 30.3 Å². The zero-order chi connectivity index (χ0) is 21.0. The largest absolute Gasteiger partial charge is 0.450 e. The number of imide groups is 1. The molecule has 10 heteroatoms. The molecule has 10 nitrogen and oxygen atoms in total. The van der Waals surface area contributed by atoms with Gasteiger partial charge in [0.15, 0.2) is 11.2 Å². The Bertz CT molecular complexity index is 1160. The summed E-state index contributed by atoms with van der Waals surface area (Å²) in [5, 5.41) is 1.99. The van der Waals surface area contributed by atoms with Crippen LogP contribution in [-0.2, 0) is 29.2 Å². The summed E-state index contributed by atoms with van der Waals surface area (Å²) in [5.41, 5.74) is -0.0396. The molecule has 152 valence electrons. The Morgan fingerprint density at radius 3 is 2.48 bits per heavy atom. The van der Waals surface area contributed by atoms with E-state index in [1.807, 2.05) is 42.6 Å². The zero-order valence-corrected chi connectivity index (χ0v) is 16.1. The van der Waals surface area contributed by atoms with Crippen molar-refractivity contribution in [3.8, 4) is 0 Å². The van der Waals surface area contributed by atoms with E-state index in [1.54, 1.807) is 11.5 Å². The second-order valence-electron chi connectivity index (χ2n) is 6.22. The molecule has 0 aliphatic heterocycles. The molecular formula is C19H21N5O5. The van der Waals surface area contributed by atoms with Gasteiger partial charge in [0.25, 0.3) is 5.56 Å². The van der Waals surface area contributed by atoms with E-state index in [-0.39, 0.29) is 24.3 Å². The topological polar surface area (TPSA) is 117 Å². The van der Waals surface area contributed by atoms with E-state index in [0.717, 1.165) is 10.1 Å². The summed E-state index contributed by atoms with van der Waals surface area (Å²) in [6.07, 6.45) is 0.547. The first-order chi connectivity index (χ1) is 14.0. The van der Waals surface area contributed by atoms with Crippen molar-refractivity contribution >= 4 is 23.2 Å². The number of rotatable bonds is 6. The number of hydrogen-bond acceptors (Lipinski definition) is 6. The van der Waals surface area contributed by atoms with E-state index in [9.17, 15) is 19.2 Å². The number of aromatic nitrogens is 4. The number of nitrogens with zero attached hydrogens (tertiary/aromatic N) is 4. The number of amides is 2. The summed E-state index contributed by atoms with van der Waals surface area (Å²) in [5.74, 6) is -0.823. The second kappa shape index (κ2) is 8.55. The first-order valence-corrected chi connectivity index (χ1v) is 9.15. The van der Waals surface area contributed by atoms with Crippen LogP contribution in [-0.4, -0.2) is 37.3 Å². The molecule has 0 saturated heterocycles. The molecule has 0 fully saturated rings. The van der Waals surface area contributed by atoms with Gasteiger partial charge >= 0.3 is 11.8 Å². The van der Waals surface area contributed by atoms with E-state index in [0.29, 0.717) is 6.54 Å². The maximum Gasteiger partial charge on any atom is 0.413 e. The fraction of sp³-hybridized carbons (Fsp3) is 0.316. The van der Waals surface area contributed by atoms with Crippen LogP contribution >= 0.6 is 0 Å². The maximum atomic E-state index is 13.0. The van der Waals surface area contributed by atoms with Crippen molar-refractivity contribution in [1.82, 2.24) is 24.0 Å². The fourth-order valence-corrected chi connectivity index (χ4v) is 2.99. The molecule has 3 rings (SSSR count). The number of fused-ring (bicyclic) bond motifs is 1. The van der Waals surface area contributed by atoms with Gasteiger partial charge in [-0.05, 0) is 19.4 Å². The van der Waals surface area contributed by atoms with E-state index in [1.165, 1.54) is 10.9 Å². The van der Waals surface area contributed by atoms with Crippen LogP contribution in [0.25, 0.3) is 11.2 Å². The molecule has 1 aromatic carbocycles. The van der Waals surface area contributed by atoms with Crippen molar-refractivity contribution < 1.29 is 14.3 Å². The molecule has 0 aliphatic rings. The molecule has 0 atom stereocenters. The summed E-state index contributed by atoms with van der Waals surface area (Å²) in [6, 6.07) is 9.22. The lowest BCUT2D eigenvalue weighted by Gasteiger charge is -2.12. The highest BCUT2D eigenvalue weighted by molar-refractivity contribution is 5.91. The van der Waals surface area contributed by atoms with Crippen molar-refractivity contribution in [2.24, 2.45) is 0 Å². The Hall–Kier alpha value is -3.69. The predicted octanol–water partition coefficient (Wildman–Crippen LogP) is 0.701. The van der Waals surface area contributed by atoms with Crippen LogP contribution < -0.4 is 16.6 Å². The fourth-order valence-electron chi connectivity index (χ4n) is 2.99. The van der Waals surface area contributed by atoms with E-state index >= 15 is 0 Å². The number of carbonyl (C=O) groups excluding carboxylic acids is 2. The first kappa shape index (κ1) is 20.1. The maximum absolute atomic E-state index is 13.0. The normalized spacial score (nSPS) is 10.8. The van der Waals surface area contributed by atoms with Crippen molar-refractivity contribution in [3.05, 3.63) is 63.1 Å². The molecule has 0 saturated carbocycles. The number of hydrogen-bond donors (Lipinski definition) is 1. The Morgan fingerprint density at radius 1 is 1.10 bits per heavy atom. The average Bonchev–Trinajstić information content (AvgIpc) is 3.13. The highest BCUT2D eigenvalue weighted by Gasteiger charge is 2.20. The number of aryl methyl sites for hydroxylation is 1.